The van der Waals surface area contributed by atoms with Crippen molar-refractivity contribution < 1.29 is 4.79 Å². The lowest BCUT2D eigenvalue weighted by molar-refractivity contribution is 0.0943. The summed E-state index contributed by atoms with van der Waals surface area (Å²) in [7, 11) is 0. The zero-order valence-corrected chi connectivity index (χ0v) is 14.6. The predicted octanol–water partition coefficient (Wildman–Crippen LogP) is 2.19. The van der Waals surface area contributed by atoms with Gasteiger partial charge in [0.05, 0.1) is 11.4 Å². The zero-order chi connectivity index (χ0) is 17.9. The third-order valence-corrected chi connectivity index (χ3v) is 4.79. The molecule has 1 aromatic heterocycles. The monoisotopic (exact) mass is 347 g/mol. The number of nitrogens with one attached hydrogen (secondary N) is 2. The van der Waals surface area contributed by atoms with Crippen LogP contribution < -0.4 is 10.6 Å². The lowest BCUT2D eigenvalue weighted by atomic mass is 9.94. The minimum absolute atomic E-state index is 0.119. The Morgan fingerprint density at radius 3 is 2.81 bits per heavy atom. The summed E-state index contributed by atoms with van der Waals surface area (Å²) in [5, 5.41) is 14.7. The molecular weight excluding hydrogens is 326 g/mol. The van der Waals surface area contributed by atoms with E-state index in [4.69, 9.17) is 0 Å². The lowest BCUT2D eigenvalue weighted by Gasteiger charge is -2.27. The minimum Gasteiger partial charge on any atom is -0.349 e. The molecule has 0 saturated carbocycles. The van der Waals surface area contributed by atoms with Crippen molar-refractivity contribution in [2.75, 3.05) is 13.1 Å². The largest absolute Gasteiger partial charge is 0.349 e. The maximum atomic E-state index is 12.6. The highest BCUT2D eigenvalue weighted by atomic mass is 16.2. The predicted molar refractivity (Wildman–Crippen MR) is 99.3 cm³/mol. The second-order valence-electron chi connectivity index (χ2n) is 6.44. The van der Waals surface area contributed by atoms with E-state index in [-0.39, 0.29) is 11.9 Å². The van der Waals surface area contributed by atoms with Gasteiger partial charge in [0.15, 0.2) is 5.69 Å². The zero-order valence-electron chi connectivity index (χ0n) is 14.6. The molecule has 2 aromatic carbocycles. The molecular formula is C20H21N5O. The first kappa shape index (κ1) is 16.5. The number of para-hydroxylation sites is 1. The van der Waals surface area contributed by atoms with Crippen molar-refractivity contribution in [2.45, 2.75) is 19.4 Å². The molecule has 2 heterocycles. The number of fused-ring (bicyclic) bond motifs is 1. The van der Waals surface area contributed by atoms with Crippen molar-refractivity contribution in [3.05, 3.63) is 77.1 Å². The molecule has 26 heavy (non-hydrogen) atoms. The molecule has 6 heteroatoms. The number of carbonyl (C=O) groups excluding carboxylic acids is 1. The van der Waals surface area contributed by atoms with E-state index in [0.717, 1.165) is 24.3 Å². The van der Waals surface area contributed by atoms with Crippen LogP contribution in [0, 0.1) is 6.92 Å². The molecule has 1 atom stereocenters. The molecule has 6 nitrogen and oxygen atoms in total. The fourth-order valence-electron chi connectivity index (χ4n) is 3.41. The molecule has 1 aliphatic heterocycles. The van der Waals surface area contributed by atoms with Gasteiger partial charge in [-0.25, -0.2) is 4.68 Å². The van der Waals surface area contributed by atoms with Gasteiger partial charge in [0.1, 0.15) is 0 Å². The number of hydrogen-bond donors (Lipinski definition) is 2. The van der Waals surface area contributed by atoms with Gasteiger partial charge in [0, 0.05) is 12.6 Å². The van der Waals surface area contributed by atoms with Crippen LogP contribution in [0.5, 0.6) is 0 Å². The van der Waals surface area contributed by atoms with Gasteiger partial charge in [0.2, 0.25) is 0 Å². The molecule has 0 radical (unpaired) electrons. The molecule has 3 aromatic rings. The Kier molecular flexibility index (Phi) is 4.50. The number of benzene rings is 2. The van der Waals surface area contributed by atoms with Crippen LogP contribution in [0.4, 0.5) is 0 Å². The molecule has 0 spiro atoms. The first-order chi connectivity index (χ1) is 12.7. The highest BCUT2D eigenvalue weighted by Crippen LogP contribution is 2.22. The quantitative estimate of drug-likeness (QED) is 0.759. The van der Waals surface area contributed by atoms with E-state index in [1.807, 2.05) is 43.3 Å². The second-order valence-corrected chi connectivity index (χ2v) is 6.44. The van der Waals surface area contributed by atoms with Crippen molar-refractivity contribution in [3.63, 3.8) is 0 Å². The van der Waals surface area contributed by atoms with Crippen LogP contribution in [0.3, 0.4) is 0 Å². The molecule has 1 amide bonds. The summed E-state index contributed by atoms with van der Waals surface area (Å²) < 4.78 is 1.68. The number of carbonyl (C=O) groups is 1. The summed E-state index contributed by atoms with van der Waals surface area (Å²) in [4.78, 5) is 12.6. The minimum atomic E-state index is -0.200. The highest BCUT2D eigenvalue weighted by molar-refractivity contribution is 5.93. The topological polar surface area (TPSA) is 71.8 Å². The van der Waals surface area contributed by atoms with Crippen molar-refractivity contribution in [3.8, 4) is 5.69 Å². The van der Waals surface area contributed by atoms with E-state index in [1.54, 1.807) is 4.68 Å². The van der Waals surface area contributed by atoms with Crippen LogP contribution in [0.15, 0.2) is 54.6 Å². The molecule has 2 N–H and O–H groups in total. The van der Waals surface area contributed by atoms with Gasteiger partial charge in [-0.2, -0.15) is 0 Å². The fourth-order valence-corrected chi connectivity index (χ4v) is 3.41. The smallest absolute Gasteiger partial charge is 0.273 e. The normalized spacial score (nSPS) is 16.1. The number of amides is 1. The van der Waals surface area contributed by atoms with E-state index in [1.165, 1.54) is 11.1 Å². The van der Waals surface area contributed by atoms with Crippen molar-refractivity contribution >= 4 is 5.91 Å². The number of nitrogens with zero attached hydrogens (tertiary/aromatic N) is 3. The van der Waals surface area contributed by atoms with E-state index in [2.05, 4.69) is 39.1 Å². The average Bonchev–Trinajstić information content (AvgIpc) is 3.08. The number of aromatic nitrogens is 3. The van der Waals surface area contributed by atoms with Crippen molar-refractivity contribution in [2.24, 2.45) is 0 Å². The maximum absolute atomic E-state index is 12.6. The molecule has 0 aliphatic carbocycles. The third-order valence-electron chi connectivity index (χ3n) is 4.79. The van der Waals surface area contributed by atoms with Gasteiger partial charge >= 0.3 is 0 Å². The molecule has 0 bridgehead atoms. The fraction of sp³-hybridized carbons (Fsp3) is 0.250. The van der Waals surface area contributed by atoms with Crippen molar-refractivity contribution in [1.29, 1.82) is 0 Å². The Labute approximate surface area is 152 Å². The Morgan fingerprint density at radius 1 is 1.19 bits per heavy atom. The second kappa shape index (κ2) is 7.09. The first-order valence-electron chi connectivity index (χ1n) is 8.81. The molecule has 1 aliphatic rings. The summed E-state index contributed by atoms with van der Waals surface area (Å²) in [6.45, 7) is 3.30. The average molecular weight is 347 g/mol. The Hall–Kier alpha value is -2.99. The summed E-state index contributed by atoms with van der Waals surface area (Å²) >= 11 is 0. The van der Waals surface area contributed by atoms with Crippen LogP contribution in [0.1, 0.15) is 33.4 Å². The maximum Gasteiger partial charge on any atom is 0.273 e. The van der Waals surface area contributed by atoms with Crippen LogP contribution >= 0.6 is 0 Å². The van der Waals surface area contributed by atoms with Gasteiger partial charge in [-0.3, -0.25) is 4.79 Å². The van der Waals surface area contributed by atoms with Crippen molar-refractivity contribution in [1.82, 2.24) is 25.6 Å². The number of rotatable bonds is 4. The van der Waals surface area contributed by atoms with Gasteiger partial charge in [-0.15, -0.1) is 5.10 Å². The van der Waals surface area contributed by atoms with E-state index < -0.39 is 0 Å². The van der Waals surface area contributed by atoms with E-state index >= 15 is 0 Å². The SMILES string of the molecule is Cc1c(C(=O)NCC2NCCc3ccccc32)nnn1-c1ccccc1. The Morgan fingerprint density at radius 2 is 1.96 bits per heavy atom. The van der Waals surface area contributed by atoms with Gasteiger partial charge in [-0.05, 0) is 43.1 Å². The van der Waals surface area contributed by atoms with Gasteiger partial charge in [-0.1, -0.05) is 47.7 Å². The molecule has 132 valence electrons. The summed E-state index contributed by atoms with van der Waals surface area (Å²) in [6, 6.07) is 18.2. The summed E-state index contributed by atoms with van der Waals surface area (Å²) in [5.74, 6) is -0.200. The van der Waals surface area contributed by atoms with Gasteiger partial charge < -0.3 is 10.6 Å². The molecule has 1 unspecified atom stereocenters. The van der Waals surface area contributed by atoms with Crippen LogP contribution in [-0.4, -0.2) is 34.0 Å². The Balaban J connectivity index is 1.48. The van der Waals surface area contributed by atoms with Crippen LogP contribution in [-0.2, 0) is 6.42 Å². The van der Waals surface area contributed by atoms with E-state index in [9.17, 15) is 4.79 Å². The lowest BCUT2D eigenvalue weighted by Crippen LogP contribution is -2.39. The van der Waals surface area contributed by atoms with E-state index in [0.29, 0.717) is 12.2 Å². The summed E-state index contributed by atoms with van der Waals surface area (Å²) in [5.41, 5.74) is 4.57. The number of hydrogen-bond acceptors (Lipinski definition) is 4. The van der Waals surface area contributed by atoms with Crippen LogP contribution in [0.2, 0.25) is 0 Å². The third kappa shape index (κ3) is 3.11. The van der Waals surface area contributed by atoms with Crippen LogP contribution in [0.25, 0.3) is 5.69 Å². The highest BCUT2D eigenvalue weighted by Gasteiger charge is 2.22. The van der Waals surface area contributed by atoms with Gasteiger partial charge in [0.25, 0.3) is 5.91 Å². The summed E-state index contributed by atoms with van der Waals surface area (Å²) in [6.07, 6.45) is 1.02. The molecule has 0 saturated heterocycles. The Bertz CT molecular complexity index is 919. The molecule has 4 rings (SSSR count). The standard InChI is InChI=1S/C20H21N5O/c1-14-19(23-24-25(14)16-8-3-2-4-9-16)20(26)22-13-18-17-10-6-5-7-15(17)11-12-21-18/h2-10,18,21H,11-13H2,1H3,(H,22,26). The first-order valence-corrected chi connectivity index (χ1v) is 8.81. The molecule has 0 fully saturated rings.